The molecule has 1 heterocycles. The summed E-state index contributed by atoms with van der Waals surface area (Å²) in [6, 6.07) is 40.2. The molecule has 0 aromatic heterocycles. The van der Waals surface area contributed by atoms with Gasteiger partial charge in [0, 0.05) is 54.6 Å². The second kappa shape index (κ2) is 14.6. The minimum atomic E-state index is -2.82. The summed E-state index contributed by atoms with van der Waals surface area (Å²) in [5.74, 6) is -3.94. The van der Waals surface area contributed by atoms with E-state index < -0.39 is 17.9 Å². The van der Waals surface area contributed by atoms with E-state index in [0.29, 0.717) is 48.3 Å². The van der Waals surface area contributed by atoms with Crippen molar-refractivity contribution in [3.8, 4) is 11.1 Å². The lowest BCUT2D eigenvalue weighted by Crippen LogP contribution is -2.49. The molecule has 50 heavy (non-hydrogen) atoms. The third kappa shape index (κ3) is 7.45. The van der Waals surface area contributed by atoms with Crippen molar-refractivity contribution in [1.29, 1.82) is 0 Å². The lowest BCUT2D eigenvalue weighted by molar-refractivity contribution is -0.152. The Labute approximate surface area is 291 Å². The molecule has 0 spiro atoms. The summed E-state index contributed by atoms with van der Waals surface area (Å²) in [4.78, 5) is 31.3. The molecule has 8 heteroatoms. The van der Waals surface area contributed by atoms with Gasteiger partial charge in [0.25, 0.3) is 11.8 Å². The van der Waals surface area contributed by atoms with Crippen molar-refractivity contribution in [2.45, 2.75) is 31.4 Å². The molecular formula is C42H39F2N3O3. The third-order valence-corrected chi connectivity index (χ3v) is 9.57. The normalized spacial score (nSPS) is 15.7. The molecule has 0 bridgehead atoms. The predicted molar refractivity (Wildman–Crippen MR) is 192 cm³/mol. The molecule has 1 saturated heterocycles. The average Bonchev–Trinajstić information content (AvgIpc) is 4.03. The number of amides is 1. The Balaban J connectivity index is 0.978. The van der Waals surface area contributed by atoms with Crippen molar-refractivity contribution in [1.82, 2.24) is 4.90 Å². The molecule has 7 rings (SSSR count). The second-order valence-electron chi connectivity index (χ2n) is 13.0. The minimum absolute atomic E-state index is 0.0181. The van der Waals surface area contributed by atoms with Crippen molar-refractivity contribution in [2.24, 2.45) is 5.92 Å². The average molecular weight is 672 g/mol. The van der Waals surface area contributed by atoms with Gasteiger partial charge in [-0.25, -0.2) is 13.6 Å². The van der Waals surface area contributed by atoms with Gasteiger partial charge in [-0.15, -0.1) is 0 Å². The number of hydrogen-bond acceptors (Lipinski definition) is 5. The van der Waals surface area contributed by atoms with Crippen molar-refractivity contribution in [2.75, 3.05) is 36.4 Å². The fraction of sp³-hybridized carbons (Fsp3) is 0.238. The topological polar surface area (TPSA) is 61.9 Å². The van der Waals surface area contributed by atoms with Gasteiger partial charge in [0.05, 0.1) is 0 Å². The van der Waals surface area contributed by atoms with Gasteiger partial charge < -0.3 is 15.0 Å². The molecular weight excluding hydrogens is 632 g/mol. The van der Waals surface area contributed by atoms with Crippen LogP contribution < -0.4 is 10.2 Å². The van der Waals surface area contributed by atoms with Crippen LogP contribution in [0.15, 0.2) is 133 Å². The monoisotopic (exact) mass is 671 g/mol. The van der Waals surface area contributed by atoms with Gasteiger partial charge in [0.15, 0.2) is 0 Å². The highest BCUT2D eigenvalue weighted by Gasteiger charge is 2.47. The number of hydrogen-bond donors (Lipinski definition) is 1. The van der Waals surface area contributed by atoms with E-state index in [1.54, 1.807) is 24.3 Å². The Bertz CT molecular complexity index is 1910. The zero-order valence-corrected chi connectivity index (χ0v) is 27.7. The molecule has 1 unspecified atom stereocenters. The number of piperazine rings is 1. The molecule has 0 radical (unpaired) electrons. The Morgan fingerprint density at radius 2 is 1.36 bits per heavy atom. The van der Waals surface area contributed by atoms with Crippen LogP contribution in [0.25, 0.3) is 11.1 Å². The maximum absolute atomic E-state index is 14.6. The van der Waals surface area contributed by atoms with E-state index in [-0.39, 0.29) is 24.0 Å². The Kier molecular flexibility index (Phi) is 9.72. The van der Waals surface area contributed by atoms with Gasteiger partial charge >= 0.3 is 5.97 Å². The summed E-state index contributed by atoms with van der Waals surface area (Å²) in [6.45, 7) is 3.02. The van der Waals surface area contributed by atoms with E-state index in [9.17, 15) is 18.4 Å². The van der Waals surface area contributed by atoms with Gasteiger partial charge in [-0.3, -0.25) is 9.69 Å². The number of nitrogens with zero attached hydrogens (tertiary/aromatic N) is 2. The highest BCUT2D eigenvalue weighted by atomic mass is 19.3. The van der Waals surface area contributed by atoms with Crippen LogP contribution in [0.4, 0.5) is 20.2 Å². The number of alkyl halides is 2. The van der Waals surface area contributed by atoms with E-state index in [1.807, 2.05) is 97.1 Å². The lowest BCUT2D eigenvalue weighted by Gasteiger charge is -2.39. The molecule has 1 atom stereocenters. The third-order valence-electron chi connectivity index (χ3n) is 9.57. The van der Waals surface area contributed by atoms with E-state index in [2.05, 4.69) is 15.1 Å². The standard InChI is InChI=1S/C42H39F2N3O3/c43-42(44,34-19-20-34)33-17-15-31(16-18-33)37-13-7-8-14-38(37)40(48)45-35-21-23-36(24-22-35)46-25-27-47(28-26-46)39(32-11-5-2-6-12-32)41(49)50-29-30-9-3-1-4-10-30/h1-18,21-24,34,39H,19-20,25-29H2,(H,45,48). The van der Waals surface area contributed by atoms with Gasteiger partial charge in [-0.1, -0.05) is 103 Å². The Hall–Kier alpha value is -5.34. The fourth-order valence-electron chi connectivity index (χ4n) is 6.62. The lowest BCUT2D eigenvalue weighted by atomic mass is 9.96. The van der Waals surface area contributed by atoms with Crippen molar-refractivity contribution in [3.05, 3.63) is 156 Å². The number of halogens is 2. The molecule has 1 aliphatic heterocycles. The van der Waals surface area contributed by atoms with Crippen LogP contribution >= 0.6 is 0 Å². The molecule has 1 saturated carbocycles. The Morgan fingerprint density at radius 1 is 0.740 bits per heavy atom. The maximum Gasteiger partial charge on any atom is 0.328 e. The van der Waals surface area contributed by atoms with Crippen LogP contribution in [0.1, 0.15) is 45.9 Å². The molecule has 1 amide bonds. The molecule has 2 aliphatic rings. The van der Waals surface area contributed by atoms with Gasteiger partial charge in [0.1, 0.15) is 12.6 Å². The van der Waals surface area contributed by atoms with Crippen LogP contribution in [0.2, 0.25) is 0 Å². The van der Waals surface area contributed by atoms with Crippen molar-refractivity contribution in [3.63, 3.8) is 0 Å². The summed E-state index contributed by atoms with van der Waals surface area (Å²) < 4.78 is 35.0. The van der Waals surface area contributed by atoms with Crippen LogP contribution in [0.5, 0.6) is 0 Å². The molecule has 1 N–H and O–H groups in total. The zero-order chi connectivity index (χ0) is 34.5. The second-order valence-corrected chi connectivity index (χ2v) is 13.0. The minimum Gasteiger partial charge on any atom is -0.459 e. The Morgan fingerprint density at radius 3 is 2.02 bits per heavy atom. The zero-order valence-electron chi connectivity index (χ0n) is 27.7. The molecule has 6 nitrogen and oxygen atoms in total. The number of esters is 1. The smallest absolute Gasteiger partial charge is 0.328 e. The quantitative estimate of drug-likeness (QED) is 0.142. The fourth-order valence-corrected chi connectivity index (χ4v) is 6.62. The van der Waals surface area contributed by atoms with Gasteiger partial charge in [0.2, 0.25) is 0 Å². The first kappa shape index (κ1) is 33.2. The number of carbonyl (C=O) groups excluding carboxylic acids is 2. The predicted octanol–water partition coefficient (Wildman–Crippen LogP) is 8.71. The first-order valence-electron chi connectivity index (χ1n) is 17.1. The van der Waals surface area contributed by atoms with Crippen LogP contribution in [0.3, 0.4) is 0 Å². The summed E-state index contributed by atoms with van der Waals surface area (Å²) in [6.07, 6.45) is 1.11. The summed E-state index contributed by atoms with van der Waals surface area (Å²) in [5, 5.41) is 3.00. The first-order chi connectivity index (χ1) is 24.4. The van der Waals surface area contributed by atoms with Crippen molar-refractivity contribution < 1.29 is 23.1 Å². The number of nitrogens with one attached hydrogen (secondary N) is 1. The van der Waals surface area contributed by atoms with Crippen LogP contribution in [0, 0.1) is 5.92 Å². The number of ether oxygens (including phenoxy) is 1. The van der Waals surface area contributed by atoms with Gasteiger partial charge in [-0.2, -0.15) is 0 Å². The van der Waals surface area contributed by atoms with E-state index >= 15 is 0 Å². The highest BCUT2D eigenvalue weighted by Crippen LogP contribution is 2.49. The summed E-state index contributed by atoms with van der Waals surface area (Å²) in [5.41, 5.74) is 5.40. The van der Waals surface area contributed by atoms with E-state index in [1.165, 1.54) is 12.1 Å². The number of carbonyl (C=O) groups is 2. The molecule has 5 aromatic carbocycles. The largest absolute Gasteiger partial charge is 0.459 e. The first-order valence-corrected chi connectivity index (χ1v) is 17.1. The maximum atomic E-state index is 14.6. The summed E-state index contributed by atoms with van der Waals surface area (Å²) >= 11 is 0. The van der Waals surface area contributed by atoms with Crippen LogP contribution in [-0.4, -0.2) is 43.0 Å². The highest BCUT2D eigenvalue weighted by molar-refractivity contribution is 6.08. The van der Waals surface area contributed by atoms with Crippen molar-refractivity contribution >= 4 is 23.3 Å². The molecule has 254 valence electrons. The molecule has 5 aromatic rings. The SMILES string of the molecule is O=C(Nc1ccc(N2CCN(C(C(=O)OCc3ccccc3)c3ccccc3)CC2)cc1)c1ccccc1-c1ccc(C(F)(F)C2CC2)cc1. The van der Waals surface area contributed by atoms with Gasteiger partial charge in [-0.05, 0) is 65.4 Å². The number of anilines is 2. The van der Waals surface area contributed by atoms with E-state index in [4.69, 9.17) is 4.74 Å². The number of rotatable bonds is 11. The molecule has 2 fully saturated rings. The van der Waals surface area contributed by atoms with E-state index in [0.717, 1.165) is 29.9 Å². The van der Waals surface area contributed by atoms with Crippen LogP contribution in [-0.2, 0) is 22.1 Å². The molecule has 1 aliphatic carbocycles. The number of benzene rings is 5. The summed E-state index contributed by atoms with van der Waals surface area (Å²) in [7, 11) is 0.